The number of carbonyl (C=O) groups is 1. The summed E-state index contributed by atoms with van der Waals surface area (Å²) in [4.78, 5) is 17.0. The number of aromatic hydroxyl groups is 3. The molecule has 324 valence electrons. The summed E-state index contributed by atoms with van der Waals surface area (Å²) in [7, 11) is 4.09. The van der Waals surface area contributed by atoms with E-state index in [4.69, 9.17) is 14.9 Å². The number of aliphatic hydroxyl groups is 2. The molecule has 3 aliphatic heterocycles. The maximum atomic E-state index is 12.6. The Morgan fingerprint density at radius 3 is 2.10 bits per heavy atom. The van der Waals surface area contributed by atoms with Gasteiger partial charge in [-0.25, -0.2) is 0 Å². The van der Waals surface area contributed by atoms with Crippen LogP contribution in [-0.4, -0.2) is 106 Å². The highest BCUT2D eigenvalue weighted by Crippen LogP contribution is 2.44. The number of aliphatic imine (C=N–C) groups is 1. The first-order chi connectivity index (χ1) is 26.4. The molecule has 6 rings (SSSR count). The minimum absolute atomic E-state index is 0. The molecular weight excluding hydrogens is 824 g/mol. The number of aryl methyl sites for hydroxylation is 1. The van der Waals surface area contributed by atoms with Crippen molar-refractivity contribution in [2.75, 3.05) is 40.3 Å². The van der Waals surface area contributed by atoms with Crippen LogP contribution in [0.1, 0.15) is 106 Å². The van der Waals surface area contributed by atoms with E-state index in [9.17, 15) is 20.1 Å². The lowest BCUT2D eigenvalue weighted by Gasteiger charge is -2.49. The van der Waals surface area contributed by atoms with Gasteiger partial charge in [0.05, 0.1) is 44.4 Å². The lowest BCUT2D eigenvalue weighted by Crippen LogP contribution is -3.00. The van der Waals surface area contributed by atoms with Gasteiger partial charge in [-0.05, 0) is 85.7 Å². The minimum atomic E-state index is -0.670. The lowest BCUT2D eigenvalue weighted by atomic mass is 9.82. The highest BCUT2D eigenvalue weighted by Gasteiger charge is 2.54. The smallest absolute Gasteiger partial charge is 0.316 e. The summed E-state index contributed by atoms with van der Waals surface area (Å²) in [5.41, 5.74) is 5.79. The van der Waals surface area contributed by atoms with E-state index in [-0.39, 0.29) is 65.0 Å². The fourth-order valence-corrected chi connectivity index (χ4v) is 8.47. The summed E-state index contributed by atoms with van der Waals surface area (Å²) in [5, 5.41) is 53.8. The summed E-state index contributed by atoms with van der Waals surface area (Å²) in [5.74, 6) is 0.222. The van der Waals surface area contributed by atoms with E-state index >= 15 is 0 Å². The van der Waals surface area contributed by atoms with Gasteiger partial charge in [-0.3, -0.25) is 9.79 Å². The molecule has 3 aliphatic rings. The highest BCUT2D eigenvalue weighted by atomic mass is 79.9. The van der Waals surface area contributed by atoms with E-state index in [2.05, 4.69) is 70.3 Å². The number of nitrogens with zero attached hydrogens (tertiary/aromatic N) is 2. The lowest BCUT2D eigenvalue weighted by molar-refractivity contribution is -0.968. The Morgan fingerprint density at radius 1 is 0.983 bits per heavy atom. The normalized spacial score (nSPS) is 21.7. The van der Waals surface area contributed by atoms with Gasteiger partial charge in [-0.1, -0.05) is 63.2 Å². The Labute approximate surface area is 362 Å². The van der Waals surface area contributed by atoms with E-state index in [1.165, 1.54) is 36.1 Å². The second-order valence-electron chi connectivity index (χ2n) is 17.1. The summed E-state index contributed by atoms with van der Waals surface area (Å²) in [6.07, 6.45) is 4.48. The van der Waals surface area contributed by atoms with Gasteiger partial charge in [0.2, 0.25) is 0 Å². The third-order valence-corrected chi connectivity index (χ3v) is 12.1. The van der Waals surface area contributed by atoms with Gasteiger partial charge in [0, 0.05) is 45.2 Å². The Kier molecular flexibility index (Phi) is 19.5. The number of amidine groups is 1. The first kappa shape index (κ1) is 50.8. The number of quaternary nitrogens is 1. The van der Waals surface area contributed by atoms with Crippen molar-refractivity contribution in [3.8, 4) is 17.2 Å². The molecule has 0 spiro atoms. The summed E-state index contributed by atoms with van der Waals surface area (Å²) >= 11 is 0. The molecule has 3 aromatic carbocycles. The van der Waals surface area contributed by atoms with Crippen molar-refractivity contribution in [1.82, 2.24) is 10.6 Å². The number of likely N-dealkylation sites (N-methyl/N-ethyl adjacent to an activating group) is 1. The number of hydrogen-bond acceptors (Lipinski definition) is 10. The van der Waals surface area contributed by atoms with E-state index in [1.54, 1.807) is 13.1 Å². The summed E-state index contributed by atoms with van der Waals surface area (Å²) in [6.45, 7) is 17.1. The number of phenols is 3. The van der Waals surface area contributed by atoms with Gasteiger partial charge < -0.3 is 62.4 Å². The minimum Gasteiger partial charge on any atom is -1.00 e. The maximum Gasteiger partial charge on any atom is 0.316 e. The van der Waals surface area contributed by atoms with Gasteiger partial charge in [-0.15, -0.1) is 12.4 Å². The molecule has 0 saturated carbocycles. The molecule has 7 N–H and O–H groups in total. The van der Waals surface area contributed by atoms with Crippen molar-refractivity contribution >= 4 is 24.2 Å². The number of rotatable bonds is 10. The van der Waals surface area contributed by atoms with Gasteiger partial charge in [-0.2, -0.15) is 0 Å². The van der Waals surface area contributed by atoms with Gasteiger partial charge in [0.15, 0.2) is 11.5 Å². The number of halogens is 2. The number of carbonyl (C=O) groups excluding carboxylic acids is 1. The molecule has 2 bridgehead atoms. The zero-order valence-electron chi connectivity index (χ0n) is 35.8. The van der Waals surface area contributed by atoms with Crippen LogP contribution in [0.3, 0.4) is 0 Å². The standard InChI is InChI=1S/C20H30NO3.C16H24N2O.C9H13NO3.BrH.ClH/c1-14(2)21(3)16-9-10-17(21)12-18(11-16)24-20(23)19(13-22)15-7-5-4-6-8-15;1-10-8-13(16(3,4)5)15(19)11(2)12(10)9-14-17-6-7-18-14;1-10-5-9(13)6-2-3-7(11)8(12)4-6;;/h4-8,14,16-19,22H,9-13H2,1-3H3;8,19H,6-7,9H2,1-5H3,(H,17,18);2-4,9-13H,5H2,1H3;2*1H/q+1;;;;/p-1/t16-,17+,18?,19?,21?;;9-;;/m..0../s1. The molecule has 58 heavy (non-hydrogen) atoms. The number of nitrogens with one attached hydrogen (secondary N) is 2. The molecular formula is C45H68BrClN4O7. The quantitative estimate of drug-likeness (QED) is 0.0919. The topological polar surface area (TPSA) is 164 Å². The molecule has 3 heterocycles. The molecule has 0 aliphatic carbocycles. The molecule has 3 aromatic rings. The van der Waals surface area contributed by atoms with E-state index < -0.39 is 12.0 Å². The zero-order valence-corrected chi connectivity index (χ0v) is 38.2. The fourth-order valence-electron chi connectivity index (χ4n) is 8.47. The van der Waals surface area contributed by atoms with Crippen molar-refractivity contribution in [2.45, 2.75) is 122 Å². The predicted octanol–water partition coefficient (Wildman–Crippen LogP) is 3.48. The Bertz CT molecular complexity index is 1790. The van der Waals surface area contributed by atoms with Crippen LogP contribution in [0.4, 0.5) is 0 Å². The fraction of sp³-hybridized carbons (Fsp3) is 0.556. The van der Waals surface area contributed by atoms with Crippen LogP contribution in [-0.2, 0) is 21.4 Å². The SMILES string of the molecule is CC(C)[N+]1(C)[C@@H]2CC[C@H]1CC(OC(=O)C(CO)c1ccccc1)C2.CNC[C@H](O)c1ccc(O)c(O)c1.Cc1cc(C(C)(C)C)c(O)c(C)c1CC1=NCCN1.Cl.[Br-]. The molecule has 3 unspecified atom stereocenters. The highest BCUT2D eigenvalue weighted by molar-refractivity contribution is 5.86. The monoisotopic (exact) mass is 890 g/mol. The third kappa shape index (κ3) is 12.3. The summed E-state index contributed by atoms with van der Waals surface area (Å²) in [6, 6.07) is 17.6. The Balaban J connectivity index is 0.000000308. The van der Waals surface area contributed by atoms with Gasteiger partial charge >= 0.3 is 5.97 Å². The van der Waals surface area contributed by atoms with E-state index in [0.29, 0.717) is 36.0 Å². The molecule has 0 aromatic heterocycles. The number of benzene rings is 3. The molecule has 0 radical (unpaired) electrons. The van der Waals surface area contributed by atoms with Gasteiger partial charge in [0.25, 0.3) is 0 Å². The van der Waals surface area contributed by atoms with Crippen molar-refractivity contribution in [1.29, 1.82) is 0 Å². The second kappa shape index (κ2) is 22.3. The molecule has 2 saturated heterocycles. The molecule has 13 heteroatoms. The van der Waals surface area contributed by atoms with E-state index in [0.717, 1.165) is 59.4 Å². The van der Waals surface area contributed by atoms with Crippen LogP contribution in [0.2, 0.25) is 0 Å². The van der Waals surface area contributed by atoms with Crippen molar-refractivity contribution < 1.29 is 56.5 Å². The first-order valence-corrected chi connectivity index (χ1v) is 20.1. The number of piperidine rings is 1. The molecule has 2 fully saturated rings. The second-order valence-corrected chi connectivity index (χ2v) is 17.1. The molecule has 11 nitrogen and oxygen atoms in total. The number of aliphatic hydroxyl groups excluding tert-OH is 2. The third-order valence-electron chi connectivity index (χ3n) is 12.1. The Morgan fingerprint density at radius 2 is 1.60 bits per heavy atom. The van der Waals surface area contributed by atoms with Crippen molar-refractivity contribution in [3.05, 3.63) is 88.0 Å². The largest absolute Gasteiger partial charge is 1.00 e. The van der Waals surface area contributed by atoms with Gasteiger partial charge in [0.1, 0.15) is 23.6 Å². The average Bonchev–Trinajstić information content (AvgIpc) is 3.71. The van der Waals surface area contributed by atoms with Crippen LogP contribution in [0.5, 0.6) is 17.2 Å². The number of esters is 1. The maximum absolute atomic E-state index is 12.6. The molecule has 6 atom stereocenters. The van der Waals surface area contributed by atoms with Crippen LogP contribution in [0.25, 0.3) is 0 Å². The van der Waals surface area contributed by atoms with Crippen LogP contribution in [0.15, 0.2) is 59.6 Å². The zero-order chi connectivity index (χ0) is 41.4. The number of ether oxygens (including phenoxy) is 1. The Hall–Kier alpha value is -3.39. The molecule has 0 amide bonds. The van der Waals surface area contributed by atoms with Crippen LogP contribution >= 0.6 is 12.4 Å². The van der Waals surface area contributed by atoms with Crippen molar-refractivity contribution in [3.63, 3.8) is 0 Å². The van der Waals surface area contributed by atoms with Crippen LogP contribution in [0, 0.1) is 13.8 Å². The predicted molar refractivity (Wildman–Crippen MR) is 230 cm³/mol. The summed E-state index contributed by atoms with van der Waals surface area (Å²) < 4.78 is 6.96. The number of phenolic OH excluding ortho intramolecular Hbond substituents is 3. The van der Waals surface area contributed by atoms with Crippen LogP contribution < -0.4 is 27.6 Å². The van der Waals surface area contributed by atoms with E-state index in [1.807, 2.05) is 37.3 Å². The first-order valence-electron chi connectivity index (χ1n) is 20.1. The average molecular weight is 892 g/mol. The number of fused-ring (bicyclic) bond motifs is 2. The van der Waals surface area contributed by atoms with Crippen molar-refractivity contribution in [2.24, 2.45) is 4.99 Å². The number of hydrogen-bond donors (Lipinski definition) is 7.